The molecule has 1 aromatic carbocycles. The van der Waals surface area contributed by atoms with Crippen molar-refractivity contribution in [1.82, 2.24) is 4.31 Å². The van der Waals surface area contributed by atoms with Crippen LogP contribution in [-0.4, -0.2) is 31.7 Å². The van der Waals surface area contributed by atoms with Crippen molar-refractivity contribution in [3.05, 3.63) is 24.3 Å². The molecule has 0 unspecified atom stereocenters. The minimum Gasteiger partial charge on any atom is -0.326 e. The SMILES string of the molecule is CCCCCCC(=O)Nc1ccc(S(=O)(=O)N2CCCCCC2)cc1. The van der Waals surface area contributed by atoms with Gasteiger partial charge in [0.1, 0.15) is 0 Å². The zero-order valence-corrected chi connectivity index (χ0v) is 16.0. The van der Waals surface area contributed by atoms with Gasteiger partial charge in [-0.2, -0.15) is 4.31 Å². The first-order chi connectivity index (χ1) is 12.0. The van der Waals surface area contributed by atoms with Gasteiger partial charge in [-0.1, -0.05) is 39.0 Å². The summed E-state index contributed by atoms with van der Waals surface area (Å²) in [6.45, 7) is 3.33. The number of nitrogens with zero attached hydrogens (tertiary/aromatic N) is 1. The van der Waals surface area contributed by atoms with E-state index < -0.39 is 10.0 Å². The van der Waals surface area contributed by atoms with E-state index in [2.05, 4.69) is 12.2 Å². The number of hydrogen-bond acceptors (Lipinski definition) is 3. The molecule has 0 saturated carbocycles. The highest BCUT2D eigenvalue weighted by Crippen LogP contribution is 2.22. The van der Waals surface area contributed by atoms with Crippen LogP contribution in [0.4, 0.5) is 5.69 Å². The van der Waals surface area contributed by atoms with Gasteiger partial charge < -0.3 is 5.32 Å². The maximum atomic E-state index is 12.7. The van der Waals surface area contributed by atoms with Crippen LogP contribution in [-0.2, 0) is 14.8 Å². The lowest BCUT2D eigenvalue weighted by Crippen LogP contribution is -2.31. The zero-order valence-electron chi connectivity index (χ0n) is 15.2. The van der Waals surface area contributed by atoms with Gasteiger partial charge in [0.15, 0.2) is 0 Å². The van der Waals surface area contributed by atoms with E-state index in [0.717, 1.165) is 51.4 Å². The average Bonchev–Trinajstić information content (AvgIpc) is 2.89. The summed E-state index contributed by atoms with van der Waals surface area (Å²) in [5.41, 5.74) is 0.648. The Kier molecular flexibility index (Phi) is 7.90. The van der Waals surface area contributed by atoms with Crippen molar-refractivity contribution >= 4 is 21.6 Å². The Hall–Kier alpha value is -1.40. The first kappa shape index (κ1) is 19.9. The van der Waals surface area contributed by atoms with Crippen LogP contribution >= 0.6 is 0 Å². The van der Waals surface area contributed by atoms with E-state index in [4.69, 9.17) is 0 Å². The molecule has 6 heteroatoms. The van der Waals surface area contributed by atoms with Crippen LogP contribution in [0.2, 0.25) is 0 Å². The second-order valence-corrected chi connectivity index (χ2v) is 8.64. The lowest BCUT2D eigenvalue weighted by molar-refractivity contribution is -0.116. The Morgan fingerprint density at radius 2 is 1.64 bits per heavy atom. The summed E-state index contributed by atoms with van der Waals surface area (Å²) in [4.78, 5) is 12.2. The number of carbonyl (C=O) groups is 1. The van der Waals surface area contributed by atoms with Crippen LogP contribution in [0.3, 0.4) is 0 Å². The zero-order chi connectivity index (χ0) is 18.1. The predicted molar refractivity (Wildman–Crippen MR) is 101 cm³/mol. The smallest absolute Gasteiger partial charge is 0.243 e. The predicted octanol–water partition coefficient (Wildman–Crippen LogP) is 4.16. The maximum Gasteiger partial charge on any atom is 0.243 e. The number of unbranched alkanes of at least 4 members (excludes halogenated alkanes) is 3. The van der Waals surface area contributed by atoms with Gasteiger partial charge in [0, 0.05) is 25.2 Å². The normalized spacial score (nSPS) is 16.4. The molecule has 25 heavy (non-hydrogen) atoms. The van der Waals surface area contributed by atoms with Gasteiger partial charge in [0.05, 0.1) is 4.90 Å². The van der Waals surface area contributed by atoms with Crippen molar-refractivity contribution < 1.29 is 13.2 Å². The molecule has 1 fully saturated rings. The summed E-state index contributed by atoms with van der Waals surface area (Å²) in [6, 6.07) is 6.53. The molecule has 1 heterocycles. The summed E-state index contributed by atoms with van der Waals surface area (Å²) in [5, 5.41) is 2.84. The molecule has 1 N–H and O–H groups in total. The second kappa shape index (κ2) is 9.92. The highest BCUT2D eigenvalue weighted by atomic mass is 32.2. The van der Waals surface area contributed by atoms with E-state index in [1.807, 2.05) is 0 Å². The monoisotopic (exact) mass is 366 g/mol. The lowest BCUT2D eigenvalue weighted by atomic mass is 10.1. The van der Waals surface area contributed by atoms with Crippen LogP contribution in [0.1, 0.15) is 64.7 Å². The van der Waals surface area contributed by atoms with Crippen molar-refractivity contribution in [2.75, 3.05) is 18.4 Å². The fraction of sp³-hybridized carbons (Fsp3) is 0.632. The van der Waals surface area contributed by atoms with Gasteiger partial charge in [-0.15, -0.1) is 0 Å². The Bertz CT molecular complexity index is 633. The molecule has 1 aliphatic rings. The number of sulfonamides is 1. The molecule has 0 radical (unpaired) electrons. The number of hydrogen-bond donors (Lipinski definition) is 1. The Labute approximate surface area is 151 Å². The number of amides is 1. The highest BCUT2D eigenvalue weighted by molar-refractivity contribution is 7.89. The van der Waals surface area contributed by atoms with Crippen LogP contribution in [0.15, 0.2) is 29.2 Å². The molecule has 1 amide bonds. The van der Waals surface area contributed by atoms with Crippen LogP contribution in [0, 0.1) is 0 Å². The third-order valence-electron chi connectivity index (χ3n) is 4.60. The molecular weight excluding hydrogens is 336 g/mol. The topological polar surface area (TPSA) is 66.5 Å². The minimum absolute atomic E-state index is 0.0146. The molecule has 0 atom stereocenters. The number of rotatable bonds is 8. The largest absolute Gasteiger partial charge is 0.326 e. The standard InChI is InChI=1S/C19H30N2O3S/c1-2-3-4-7-10-19(22)20-17-11-13-18(14-12-17)25(23,24)21-15-8-5-6-9-16-21/h11-14H,2-10,15-16H2,1H3,(H,20,22). The Morgan fingerprint density at radius 1 is 1.00 bits per heavy atom. The van der Waals surface area contributed by atoms with Crippen LogP contribution < -0.4 is 5.32 Å². The number of nitrogens with one attached hydrogen (secondary N) is 1. The van der Waals surface area contributed by atoms with Crippen molar-refractivity contribution in [2.45, 2.75) is 69.6 Å². The minimum atomic E-state index is -3.43. The molecule has 1 aromatic rings. The molecule has 2 rings (SSSR count). The van der Waals surface area contributed by atoms with Crippen LogP contribution in [0.25, 0.3) is 0 Å². The van der Waals surface area contributed by atoms with E-state index in [1.165, 1.54) is 0 Å². The van der Waals surface area contributed by atoms with Crippen LogP contribution in [0.5, 0.6) is 0 Å². The first-order valence-electron chi connectivity index (χ1n) is 9.44. The molecule has 0 aliphatic carbocycles. The van der Waals surface area contributed by atoms with E-state index in [1.54, 1.807) is 28.6 Å². The summed E-state index contributed by atoms with van der Waals surface area (Å²) in [6.07, 6.45) is 8.79. The van der Waals surface area contributed by atoms with E-state index >= 15 is 0 Å². The van der Waals surface area contributed by atoms with Gasteiger partial charge in [0.2, 0.25) is 15.9 Å². The second-order valence-electron chi connectivity index (χ2n) is 6.70. The van der Waals surface area contributed by atoms with E-state index in [9.17, 15) is 13.2 Å². The van der Waals surface area contributed by atoms with Crippen molar-refractivity contribution in [1.29, 1.82) is 0 Å². The summed E-state index contributed by atoms with van der Waals surface area (Å²) in [7, 11) is -3.43. The molecule has 1 saturated heterocycles. The average molecular weight is 367 g/mol. The number of carbonyl (C=O) groups excluding carboxylic acids is 1. The van der Waals surface area contributed by atoms with Gasteiger partial charge in [-0.25, -0.2) is 8.42 Å². The molecule has 0 spiro atoms. The van der Waals surface area contributed by atoms with Crippen molar-refractivity contribution in [3.63, 3.8) is 0 Å². The first-order valence-corrected chi connectivity index (χ1v) is 10.9. The Balaban J connectivity index is 1.93. The van der Waals surface area contributed by atoms with Gasteiger partial charge in [-0.05, 0) is 43.5 Å². The lowest BCUT2D eigenvalue weighted by Gasteiger charge is -2.20. The third-order valence-corrected chi connectivity index (χ3v) is 6.51. The quantitative estimate of drug-likeness (QED) is 0.703. The maximum absolute atomic E-state index is 12.7. The molecule has 140 valence electrons. The fourth-order valence-corrected chi connectivity index (χ4v) is 4.59. The van der Waals surface area contributed by atoms with E-state index in [0.29, 0.717) is 30.1 Å². The van der Waals surface area contributed by atoms with Crippen molar-refractivity contribution in [3.8, 4) is 0 Å². The van der Waals surface area contributed by atoms with Crippen molar-refractivity contribution in [2.24, 2.45) is 0 Å². The molecular formula is C19H30N2O3S. The number of anilines is 1. The van der Waals surface area contributed by atoms with Gasteiger partial charge in [0.25, 0.3) is 0 Å². The highest BCUT2D eigenvalue weighted by Gasteiger charge is 2.24. The fourth-order valence-electron chi connectivity index (χ4n) is 3.08. The summed E-state index contributed by atoms with van der Waals surface area (Å²) < 4.78 is 27.0. The molecule has 5 nitrogen and oxygen atoms in total. The molecule has 0 aromatic heterocycles. The molecule has 0 bridgehead atoms. The summed E-state index contributed by atoms with van der Waals surface area (Å²) in [5.74, 6) is -0.0146. The summed E-state index contributed by atoms with van der Waals surface area (Å²) >= 11 is 0. The van der Waals surface area contributed by atoms with Gasteiger partial charge in [-0.3, -0.25) is 4.79 Å². The van der Waals surface area contributed by atoms with Gasteiger partial charge >= 0.3 is 0 Å². The van der Waals surface area contributed by atoms with E-state index in [-0.39, 0.29) is 5.91 Å². The Morgan fingerprint density at radius 3 is 2.24 bits per heavy atom. The number of benzene rings is 1. The third kappa shape index (κ3) is 6.12. The molecule has 1 aliphatic heterocycles.